The van der Waals surface area contributed by atoms with Crippen LogP contribution in [0.1, 0.15) is 63.7 Å². The number of imide groups is 1. The monoisotopic (exact) mass is 667 g/mol. The van der Waals surface area contributed by atoms with Gasteiger partial charge >= 0.3 is 6.03 Å². The van der Waals surface area contributed by atoms with Gasteiger partial charge in [0.05, 0.1) is 42.1 Å². The number of fused-ring (bicyclic) bond motifs is 1. The number of ether oxygens (including phenoxy) is 2. The highest BCUT2D eigenvalue weighted by molar-refractivity contribution is 7.14. The van der Waals surface area contributed by atoms with E-state index in [1.54, 1.807) is 26.4 Å². The Kier molecular flexibility index (Phi) is 10.3. The number of carbonyl (C=O) groups is 3. The predicted molar refractivity (Wildman–Crippen MR) is 188 cm³/mol. The molecule has 6 rings (SSSR count). The SMILES string of the molecule is COc1ccc(C(CCCNC(=O)Nc2cccs2)N2C(=O)c3cccc(N4CCN([C@H](C)c5ccccc5)CC4)c3C2=O)cc1OC. The van der Waals surface area contributed by atoms with E-state index in [1.165, 1.54) is 21.8 Å². The Hall–Kier alpha value is -4.87. The largest absolute Gasteiger partial charge is 0.493 e. The summed E-state index contributed by atoms with van der Waals surface area (Å²) in [6.45, 7) is 5.76. The maximum atomic E-state index is 14.4. The van der Waals surface area contributed by atoms with Crippen LogP contribution < -0.4 is 25.0 Å². The van der Waals surface area contributed by atoms with Crippen LogP contribution in [-0.4, -0.2) is 74.6 Å². The van der Waals surface area contributed by atoms with E-state index < -0.39 is 6.04 Å². The second-order valence-electron chi connectivity index (χ2n) is 11.9. The van der Waals surface area contributed by atoms with Gasteiger partial charge in [-0.25, -0.2) is 4.79 Å². The summed E-state index contributed by atoms with van der Waals surface area (Å²) in [6.07, 6.45) is 0.963. The molecule has 4 aromatic rings. The summed E-state index contributed by atoms with van der Waals surface area (Å²) in [5.41, 5.74) is 3.68. The molecule has 2 N–H and O–H groups in total. The van der Waals surface area contributed by atoms with Crippen molar-refractivity contribution in [2.75, 3.05) is 57.2 Å². The first-order valence-electron chi connectivity index (χ1n) is 16.2. The third-order valence-corrected chi connectivity index (χ3v) is 10.00. The van der Waals surface area contributed by atoms with Gasteiger partial charge < -0.3 is 19.7 Å². The number of nitrogens with one attached hydrogen (secondary N) is 2. The van der Waals surface area contributed by atoms with Crippen LogP contribution in [0.15, 0.2) is 84.2 Å². The van der Waals surface area contributed by atoms with Gasteiger partial charge in [-0.1, -0.05) is 42.5 Å². The quantitative estimate of drug-likeness (QED) is 0.130. The highest BCUT2D eigenvalue weighted by Gasteiger charge is 2.43. The molecule has 4 amide bonds. The van der Waals surface area contributed by atoms with Crippen LogP contribution >= 0.6 is 11.3 Å². The lowest BCUT2D eigenvalue weighted by Crippen LogP contribution is -2.47. The first-order valence-corrected chi connectivity index (χ1v) is 17.1. The Morgan fingerprint density at radius 3 is 2.33 bits per heavy atom. The van der Waals surface area contributed by atoms with Crippen molar-refractivity contribution >= 4 is 39.9 Å². The smallest absolute Gasteiger partial charge is 0.319 e. The van der Waals surface area contributed by atoms with E-state index in [1.807, 2.05) is 47.8 Å². The second kappa shape index (κ2) is 14.9. The molecule has 0 spiro atoms. The summed E-state index contributed by atoms with van der Waals surface area (Å²) in [6, 6.07) is 24.6. The number of methoxy groups -OCH3 is 2. The molecule has 1 unspecified atom stereocenters. The fourth-order valence-electron chi connectivity index (χ4n) is 6.63. The summed E-state index contributed by atoms with van der Waals surface area (Å²) < 4.78 is 11.0. The molecule has 1 saturated heterocycles. The van der Waals surface area contributed by atoms with Crippen molar-refractivity contribution < 1.29 is 23.9 Å². The predicted octanol–water partition coefficient (Wildman–Crippen LogP) is 6.59. The van der Waals surface area contributed by atoms with Crippen LogP contribution in [0.2, 0.25) is 0 Å². The van der Waals surface area contributed by atoms with Crippen LogP contribution in [-0.2, 0) is 0 Å². The van der Waals surface area contributed by atoms with Crippen molar-refractivity contribution in [3.05, 3.63) is 106 Å². The van der Waals surface area contributed by atoms with E-state index >= 15 is 0 Å². The minimum absolute atomic E-state index is 0.284. The van der Waals surface area contributed by atoms with Crippen molar-refractivity contribution in [2.24, 2.45) is 0 Å². The van der Waals surface area contributed by atoms with E-state index in [0.717, 1.165) is 42.4 Å². The molecule has 250 valence electrons. The third-order valence-electron chi connectivity index (χ3n) is 9.21. The van der Waals surface area contributed by atoms with E-state index in [0.29, 0.717) is 42.0 Å². The summed E-state index contributed by atoms with van der Waals surface area (Å²) >= 11 is 1.44. The van der Waals surface area contributed by atoms with Crippen molar-refractivity contribution in [1.29, 1.82) is 0 Å². The normalized spacial score (nSPS) is 16.0. The lowest BCUT2D eigenvalue weighted by molar-refractivity contribution is 0.0572. The Bertz CT molecular complexity index is 1740. The van der Waals surface area contributed by atoms with Gasteiger partial charge in [-0.05, 0) is 72.7 Å². The van der Waals surface area contributed by atoms with Crippen LogP contribution in [0.5, 0.6) is 11.5 Å². The van der Waals surface area contributed by atoms with Crippen LogP contribution in [0.4, 0.5) is 15.5 Å². The summed E-state index contributed by atoms with van der Waals surface area (Å²) in [4.78, 5) is 47.0. The molecular weight excluding hydrogens is 627 g/mol. The minimum atomic E-state index is -0.587. The van der Waals surface area contributed by atoms with Gasteiger partial charge in [0.2, 0.25) is 0 Å². The van der Waals surface area contributed by atoms with Gasteiger partial charge in [0.1, 0.15) is 0 Å². The Balaban J connectivity index is 1.21. The van der Waals surface area contributed by atoms with E-state index in [9.17, 15) is 14.4 Å². The Morgan fingerprint density at radius 2 is 1.62 bits per heavy atom. The molecule has 1 fully saturated rings. The zero-order valence-electron chi connectivity index (χ0n) is 27.5. The third kappa shape index (κ3) is 6.88. The van der Waals surface area contributed by atoms with Crippen molar-refractivity contribution in [1.82, 2.24) is 15.1 Å². The Labute approximate surface area is 285 Å². The molecule has 1 aromatic heterocycles. The number of rotatable bonds is 12. The van der Waals surface area contributed by atoms with Crippen LogP contribution in [0.3, 0.4) is 0 Å². The lowest BCUT2D eigenvalue weighted by Gasteiger charge is -2.39. The van der Waals surface area contributed by atoms with Crippen LogP contribution in [0, 0.1) is 0 Å². The van der Waals surface area contributed by atoms with E-state index in [2.05, 4.69) is 51.6 Å². The van der Waals surface area contributed by atoms with Gasteiger partial charge in [-0.3, -0.25) is 24.7 Å². The van der Waals surface area contributed by atoms with E-state index in [-0.39, 0.29) is 23.9 Å². The summed E-state index contributed by atoms with van der Waals surface area (Å²) in [5, 5.41) is 8.35. The molecule has 0 radical (unpaired) electrons. The molecule has 2 aliphatic rings. The lowest BCUT2D eigenvalue weighted by atomic mass is 9.99. The van der Waals surface area contributed by atoms with Crippen molar-refractivity contribution in [2.45, 2.75) is 31.8 Å². The Morgan fingerprint density at radius 1 is 0.854 bits per heavy atom. The number of hydrogen-bond donors (Lipinski definition) is 2. The second-order valence-corrected chi connectivity index (χ2v) is 12.9. The van der Waals surface area contributed by atoms with Gasteiger partial charge in [-0.2, -0.15) is 0 Å². The number of piperazine rings is 1. The first-order chi connectivity index (χ1) is 23.4. The summed E-state index contributed by atoms with van der Waals surface area (Å²) in [5.74, 6) is 0.427. The molecule has 10 nitrogen and oxygen atoms in total. The fraction of sp³-hybridized carbons (Fsp3) is 0.324. The molecule has 2 atom stereocenters. The molecule has 0 bridgehead atoms. The van der Waals surface area contributed by atoms with Gasteiger partial charge in [0.25, 0.3) is 11.8 Å². The number of benzene rings is 3. The zero-order chi connectivity index (χ0) is 33.6. The van der Waals surface area contributed by atoms with Crippen molar-refractivity contribution in [3.63, 3.8) is 0 Å². The number of carbonyl (C=O) groups excluding carboxylic acids is 3. The number of nitrogens with zero attached hydrogens (tertiary/aromatic N) is 3. The maximum absolute atomic E-state index is 14.4. The summed E-state index contributed by atoms with van der Waals surface area (Å²) in [7, 11) is 3.12. The van der Waals surface area contributed by atoms with E-state index in [4.69, 9.17) is 9.47 Å². The number of anilines is 2. The van der Waals surface area contributed by atoms with Crippen molar-refractivity contribution in [3.8, 4) is 11.5 Å². The molecule has 3 aromatic carbocycles. The first kappa shape index (κ1) is 33.0. The number of hydrogen-bond acceptors (Lipinski definition) is 8. The molecule has 3 heterocycles. The standard InChI is InChI=1S/C37H41N5O5S/c1-25(26-10-5-4-6-11-26)40-19-21-41(22-20-40)30-13-7-12-28-34(30)36(44)42(35(28)43)29(27-16-17-31(46-2)32(24-27)47-3)14-8-18-38-37(45)39-33-15-9-23-48-33/h4-7,9-13,15-17,23-25,29H,8,14,18-22H2,1-3H3,(H2,38,39,45)/t25-,29?/m1/s1. The highest BCUT2D eigenvalue weighted by Crippen LogP contribution is 2.40. The maximum Gasteiger partial charge on any atom is 0.319 e. The van der Waals surface area contributed by atoms with Gasteiger partial charge in [0, 0.05) is 38.8 Å². The van der Waals surface area contributed by atoms with Gasteiger partial charge in [0.15, 0.2) is 11.5 Å². The molecule has 11 heteroatoms. The number of amides is 4. The molecule has 2 aliphatic heterocycles. The molecular formula is C37H41N5O5S. The zero-order valence-corrected chi connectivity index (χ0v) is 28.3. The topological polar surface area (TPSA) is 103 Å². The fourth-order valence-corrected chi connectivity index (χ4v) is 7.25. The van der Waals surface area contributed by atoms with Crippen LogP contribution in [0.25, 0.3) is 0 Å². The average molecular weight is 668 g/mol. The number of urea groups is 1. The average Bonchev–Trinajstić information content (AvgIpc) is 3.73. The molecule has 0 aliphatic carbocycles. The molecule has 0 saturated carbocycles. The minimum Gasteiger partial charge on any atom is -0.493 e. The molecule has 48 heavy (non-hydrogen) atoms. The van der Waals surface area contributed by atoms with Gasteiger partial charge in [-0.15, -0.1) is 11.3 Å². The number of thiophene rings is 1. The highest BCUT2D eigenvalue weighted by atomic mass is 32.1.